The van der Waals surface area contributed by atoms with Gasteiger partial charge in [-0.05, 0) is 37.0 Å². The van der Waals surface area contributed by atoms with Gasteiger partial charge in [0.05, 0.1) is 0 Å². The Balaban J connectivity index is 1.90. The van der Waals surface area contributed by atoms with E-state index < -0.39 is 0 Å². The van der Waals surface area contributed by atoms with Gasteiger partial charge >= 0.3 is 0 Å². The first-order chi connectivity index (χ1) is 8.64. The van der Waals surface area contributed by atoms with Crippen molar-refractivity contribution in [3.05, 3.63) is 35.5 Å². The zero-order valence-corrected chi connectivity index (χ0v) is 10.7. The second kappa shape index (κ2) is 3.37. The molecular weight excluding hydrogens is 222 g/mol. The highest BCUT2D eigenvalue weighted by atomic mass is 15.0. The second-order valence-electron chi connectivity index (χ2n) is 6.24. The van der Waals surface area contributed by atoms with Crippen molar-refractivity contribution in [2.45, 2.75) is 37.3 Å². The minimum Gasteiger partial charge on any atom is -0.361 e. The number of H-pyrrole nitrogens is 1. The highest BCUT2D eigenvalue weighted by molar-refractivity contribution is 5.88. The van der Waals surface area contributed by atoms with Gasteiger partial charge in [-0.2, -0.15) is 0 Å². The molecule has 3 nitrogen and oxygen atoms in total. The Morgan fingerprint density at radius 2 is 2.28 bits per heavy atom. The Labute approximate surface area is 107 Å². The number of hydrogen-bond acceptors (Lipinski definition) is 2. The largest absolute Gasteiger partial charge is 0.361 e. The summed E-state index contributed by atoms with van der Waals surface area (Å²) in [5, 5.41) is 5.09. The Bertz CT molecular complexity index is 611. The van der Waals surface area contributed by atoms with Crippen molar-refractivity contribution < 1.29 is 0 Å². The van der Waals surface area contributed by atoms with E-state index in [1.807, 2.05) is 0 Å². The summed E-state index contributed by atoms with van der Waals surface area (Å²) < 4.78 is 0. The van der Waals surface area contributed by atoms with Crippen molar-refractivity contribution in [3.8, 4) is 0 Å². The predicted octanol–water partition coefficient (Wildman–Crippen LogP) is 1.89. The molecule has 0 radical (unpaired) electrons. The third kappa shape index (κ3) is 1.38. The van der Waals surface area contributed by atoms with Crippen molar-refractivity contribution in [3.63, 3.8) is 0 Å². The average Bonchev–Trinajstić information content (AvgIpc) is 2.75. The number of hydrogen-bond donors (Lipinski definition) is 3. The summed E-state index contributed by atoms with van der Waals surface area (Å²) in [6.07, 6.45) is 4.37. The summed E-state index contributed by atoms with van der Waals surface area (Å²) >= 11 is 0. The van der Waals surface area contributed by atoms with E-state index in [0.717, 1.165) is 19.4 Å². The normalized spacial score (nSPS) is 34.6. The van der Waals surface area contributed by atoms with Crippen molar-refractivity contribution in [1.29, 1.82) is 0 Å². The molecule has 2 aromatic rings. The van der Waals surface area contributed by atoms with E-state index in [1.165, 1.54) is 22.0 Å². The van der Waals surface area contributed by atoms with Crippen LogP contribution in [0.3, 0.4) is 0 Å². The predicted molar refractivity (Wildman–Crippen MR) is 73.7 cm³/mol. The minimum atomic E-state index is -0.0862. The molecule has 1 aromatic heterocycles. The van der Waals surface area contributed by atoms with Crippen molar-refractivity contribution in [2.75, 3.05) is 6.54 Å². The highest BCUT2D eigenvalue weighted by Gasteiger charge is 2.39. The van der Waals surface area contributed by atoms with Crippen molar-refractivity contribution in [2.24, 2.45) is 5.73 Å². The fraction of sp³-hybridized carbons (Fsp3) is 0.467. The van der Waals surface area contributed by atoms with Gasteiger partial charge in [-0.25, -0.2) is 0 Å². The molecule has 3 atom stereocenters. The van der Waals surface area contributed by atoms with Gasteiger partial charge in [-0.15, -0.1) is 0 Å². The minimum absolute atomic E-state index is 0.0862. The van der Waals surface area contributed by atoms with Gasteiger partial charge in [0.25, 0.3) is 0 Å². The molecule has 1 aliphatic heterocycles. The molecule has 1 unspecified atom stereocenters. The number of benzene rings is 1. The Kier molecular flexibility index (Phi) is 1.98. The quantitative estimate of drug-likeness (QED) is 0.659. The lowest BCUT2D eigenvalue weighted by atomic mass is 9.71. The number of piperidine rings is 1. The molecule has 3 heteroatoms. The zero-order chi connectivity index (χ0) is 12.3. The molecule has 0 bridgehead atoms. The molecule has 18 heavy (non-hydrogen) atoms. The molecule has 0 amide bonds. The molecule has 0 spiro atoms. The third-order valence-corrected chi connectivity index (χ3v) is 4.60. The molecule has 4 N–H and O–H groups in total. The second-order valence-corrected chi connectivity index (χ2v) is 6.24. The van der Waals surface area contributed by atoms with Crippen LogP contribution in [0.1, 0.15) is 30.4 Å². The Hall–Kier alpha value is -1.32. The first-order valence-corrected chi connectivity index (χ1v) is 6.75. The lowest BCUT2D eigenvalue weighted by Gasteiger charge is -2.44. The number of aromatic amines is 1. The molecular formula is C15H19N3. The fourth-order valence-corrected chi connectivity index (χ4v) is 3.76. The van der Waals surface area contributed by atoms with Gasteiger partial charge in [-0.3, -0.25) is 0 Å². The van der Waals surface area contributed by atoms with Crippen LogP contribution in [0.5, 0.6) is 0 Å². The lowest BCUT2D eigenvalue weighted by Crippen LogP contribution is -2.58. The molecule has 4 rings (SSSR count). The molecule has 1 aliphatic carbocycles. The monoisotopic (exact) mass is 241 g/mol. The molecule has 94 valence electrons. The topological polar surface area (TPSA) is 53.8 Å². The average molecular weight is 241 g/mol. The van der Waals surface area contributed by atoms with Crippen LogP contribution in [-0.2, 0) is 6.42 Å². The number of rotatable bonds is 0. The van der Waals surface area contributed by atoms with Crippen LogP contribution in [0.15, 0.2) is 24.4 Å². The maximum absolute atomic E-state index is 6.34. The number of aromatic nitrogens is 1. The summed E-state index contributed by atoms with van der Waals surface area (Å²) in [6.45, 7) is 3.08. The van der Waals surface area contributed by atoms with Crippen LogP contribution in [0.4, 0.5) is 0 Å². The summed E-state index contributed by atoms with van der Waals surface area (Å²) in [5.74, 6) is 0.556. The first-order valence-electron chi connectivity index (χ1n) is 6.75. The summed E-state index contributed by atoms with van der Waals surface area (Å²) in [7, 11) is 0. The van der Waals surface area contributed by atoms with E-state index in [1.54, 1.807) is 0 Å². The van der Waals surface area contributed by atoms with E-state index in [9.17, 15) is 0 Å². The van der Waals surface area contributed by atoms with Crippen LogP contribution < -0.4 is 11.1 Å². The first kappa shape index (κ1) is 10.6. The number of nitrogens with two attached hydrogens (primary N) is 1. The summed E-state index contributed by atoms with van der Waals surface area (Å²) in [6, 6.07) is 7.15. The molecule has 1 fully saturated rings. The smallest absolute Gasteiger partial charge is 0.0459 e. The van der Waals surface area contributed by atoms with Gasteiger partial charge in [0, 0.05) is 41.1 Å². The van der Waals surface area contributed by atoms with E-state index in [4.69, 9.17) is 5.73 Å². The number of fused-ring (bicyclic) bond motifs is 2. The van der Waals surface area contributed by atoms with E-state index in [-0.39, 0.29) is 5.54 Å². The molecule has 1 saturated heterocycles. The van der Waals surface area contributed by atoms with E-state index in [2.05, 4.69) is 41.6 Å². The summed E-state index contributed by atoms with van der Waals surface area (Å²) in [4.78, 5) is 3.39. The Morgan fingerprint density at radius 3 is 3.17 bits per heavy atom. The van der Waals surface area contributed by atoms with Crippen molar-refractivity contribution in [1.82, 2.24) is 10.3 Å². The maximum Gasteiger partial charge on any atom is 0.0459 e. The fourth-order valence-electron chi connectivity index (χ4n) is 3.76. The molecule has 1 aromatic carbocycles. The molecule has 2 heterocycles. The van der Waals surface area contributed by atoms with Crippen LogP contribution in [-0.4, -0.2) is 23.1 Å². The van der Waals surface area contributed by atoms with Crippen LogP contribution in [0, 0.1) is 0 Å². The standard InChI is InChI=1S/C15H19N3/c1-15(16)6-11-10-3-2-4-12-14(10)9(7-17-12)5-13(11)18-8-15/h2-4,7,11,13,17-18H,5-6,8,16H2,1H3/t11-,13-,15?/m1/s1. The van der Waals surface area contributed by atoms with Gasteiger partial charge < -0.3 is 16.0 Å². The van der Waals surface area contributed by atoms with Crippen LogP contribution in [0.25, 0.3) is 10.9 Å². The van der Waals surface area contributed by atoms with Crippen LogP contribution >= 0.6 is 0 Å². The zero-order valence-electron chi connectivity index (χ0n) is 10.7. The van der Waals surface area contributed by atoms with Gasteiger partial charge in [0.1, 0.15) is 0 Å². The van der Waals surface area contributed by atoms with Gasteiger partial charge in [-0.1, -0.05) is 12.1 Å². The maximum atomic E-state index is 6.34. The molecule has 2 aliphatic rings. The van der Waals surface area contributed by atoms with E-state index in [0.29, 0.717) is 12.0 Å². The van der Waals surface area contributed by atoms with Gasteiger partial charge in [0.2, 0.25) is 0 Å². The summed E-state index contributed by atoms with van der Waals surface area (Å²) in [5.41, 5.74) is 10.4. The van der Waals surface area contributed by atoms with Crippen molar-refractivity contribution >= 4 is 10.9 Å². The van der Waals surface area contributed by atoms with Crippen LogP contribution in [0.2, 0.25) is 0 Å². The molecule has 0 saturated carbocycles. The third-order valence-electron chi connectivity index (χ3n) is 4.60. The number of nitrogens with one attached hydrogen (secondary N) is 2. The Morgan fingerprint density at radius 1 is 1.39 bits per heavy atom. The highest BCUT2D eigenvalue weighted by Crippen LogP contribution is 2.41. The van der Waals surface area contributed by atoms with E-state index >= 15 is 0 Å². The lowest BCUT2D eigenvalue weighted by molar-refractivity contribution is 0.247. The van der Waals surface area contributed by atoms with Gasteiger partial charge in [0.15, 0.2) is 0 Å². The SMILES string of the molecule is CC1(N)CN[C@@H]2Cc3c[nH]c4cccc(c34)[C@H]2C1.